The van der Waals surface area contributed by atoms with Crippen molar-refractivity contribution in [3.63, 3.8) is 0 Å². The first kappa shape index (κ1) is 9.11. The number of thiazole rings is 1. The molecule has 5 nitrogen and oxygen atoms in total. The molecule has 66 valence electrons. The number of hydrogen-bond acceptors (Lipinski definition) is 5. The van der Waals surface area contributed by atoms with Gasteiger partial charge in [-0.25, -0.2) is 9.78 Å². The van der Waals surface area contributed by atoms with Crippen LogP contribution < -0.4 is 5.73 Å². The van der Waals surface area contributed by atoms with Crippen molar-refractivity contribution in [2.24, 2.45) is 5.73 Å². The van der Waals surface area contributed by atoms with Gasteiger partial charge in [-0.3, -0.25) is 0 Å². The van der Waals surface area contributed by atoms with Crippen LogP contribution >= 0.6 is 11.3 Å². The minimum Gasteiger partial charge on any atom is -0.479 e. The topological polar surface area (TPSA) is 96.4 Å². The summed E-state index contributed by atoms with van der Waals surface area (Å²) < 4.78 is 0. The van der Waals surface area contributed by atoms with Crippen LogP contribution in [0.1, 0.15) is 5.01 Å². The molecule has 1 unspecified atom stereocenters. The third kappa shape index (κ3) is 1.31. The molecule has 4 N–H and O–H groups in total. The van der Waals surface area contributed by atoms with Crippen LogP contribution in [0.15, 0.2) is 11.6 Å². The Labute approximate surface area is 72.5 Å². The van der Waals surface area contributed by atoms with Gasteiger partial charge in [0.15, 0.2) is 5.54 Å². The third-order valence-electron chi connectivity index (χ3n) is 1.44. The molecule has 0 aliphatic carbocycles. The molecular weight excluding hydrogens is 180 g/mol. The van der Waals surface area contributed by atoms with E-state index in [2.05, 4.69) is 4.98 Å². The molecule has 0 fully saturated rings. The van der Waals surface area contributed by atoms with Crippen molar-refractivity contribution in [2.45, 2.75) is 5.54 Å². The summed E-state index contributed by atoms with van der Waals surface area (Å²) in [6.07, 6.45) is 1.44. The van der Waals surface area contributed by atoms with Crippen LogP contribution in [0.2, 0.25) is 0 Å². The molecular formula is C6H8N2O3S. The molecule has 0 saturated heterocycles. The Balaban J connectivity index is 3.04. The fourth-order valence-electron chi connectivity index (χ4n) is 0.671. The van der Waals surface area contributed by atoms with Crippen molar-refractivity contribution in [2.75, 3.05) is 6.61 Å². The predicted octanol–water partition coefficient (Wildman–Crippen LogP) is -0.626. The van der Waals surface area contributed by atoms with E-state index in [1.807, 2.05) is 0 Å². The summed E-state index contributed by atoms with van der Waals surface area (Å²) in [6, 6.07) is 0. The Bertz CT molecular complexity index is 274. The van der Waals surface area contributed by atoms with Gasteiger partial charge in [-0.15, -0.1) is 11.3 Å². The Morgan fingerprint density at radius 2 is 2.50 bits per heavy atom. The fraction of sp³-hybridized carbons (Fsp3) is 0.333. The fourth-order valence-corrected chi connectivity index (χ4v) is 1.40. The van der Waals surface area contributed by atoms with Crippen molar-refractivity contribution in [1.82, 2.24) is 4.98 Å². The highest BCUT2D eigenvalue weighted by Crippen LogP contribution is 2.19. The summed E-state index contributed by atoms with van der Waals surface area (Å²) in [4.78, 5) is 14.4. The Morgan fingerprint density at radius 3 is 2.83 bits per heavy atom. The summed E-state index contributed by atoms with van der Waals surface area (Å²) in [7, 11) is 0. The first-order valence-corrected chi connectivity index (χ1v) is 4.02. The molecule has 0 aromatic carbocycles. The lowest BCUT2D eigenvalue weighted by Gasteiger charge is -2.18. The molecule has 0 bridgehead atoms. The van der Waals surface area contributed by atoms with E-state index in [9.17, 15) is 4.79 Å². The molecule has 0 aliphatic rings. The number of carbonyl (C=O) groups is 1. The molecule has 1 aromatic rings. The molecule has 0 aliphatic heterocycles. The second kappa shape index (κ2) is 3.18. The largest absolute Gasteiger partial charge is 0.479 e. The zero-order chi connectivity index (χ0) is 9.19. The number of aliphatic hydroxyl groups is 1. The van der Waals surface area contributed by atoms with Gasteiger partial charge in [0.1, 0.15) is 5.01 Å². The minimum atomic E-state index is -1.76. The van der Waals surface area contributed by atoms with E-state index >= 15 is 0 Å². The van der Waals surface area contributed by atoms with Gasteiger partial charge in [0.25, 0.3) is 0 Å². The summed E-state index contributed by atoms with van der Waals surface area (Å²) in [5, 5.41) is 19.3. The molecule has 1 aromatic heterocycles. The lowest BCUT2D eigenvalue weighted by Crippen LogP contribution is -2.48. The number of aromatic nitrogens is 1. The molecule has 1 atom stereocenters. The third-order valence-corrected chi connectivity index (χ3v) is 2.40. The van der Waals surface area contributed by atoms with Crippen molar-refractivity contribution in [1.29, 1.82) is 0 Å². The van der Waals surface area contributed by atoms with Gasteiger partial charge in [0.2, 0.25) is 0 Å². The Kier molecular flexibility index (Phi) is 2.41. The predicted molar refractivity (Wildman–Crippen MR) is 42.7 cm³/mol. The summed E-state index contributed by atoms with van der Waals surface area (Å²) in [5.41, 5.74) is 3.65. The first-order valence-electron chi connectivity index (χ1n) is 3.14. The molecule has 0 saturated carbocycles. The van der Waals surface area contributed by atoms with Gasteiger partial charge in [0, 0.05) is 11.6 Å². The monoisotopic (exact) mass is 188 g/mol. The molecule has 0 amide bonds. The zero-order valence-corrected chi connectivity index (χ0v) is 6.91. The maximum absolute atomic E-state index is 10.6. The second-order valence-corrected chi connectivity index (χ2v) is 3.17. The highest BCUT2D eigenvalue weighted by molar-refractivity contribution is 7.09. The highest BCUT2D eigenvalue weighted by atomic mass is 32.1. The molecule has 6 heteroatoms. The van der Waals surface area contributed by atoms with Crippen LogP contribution in [0.25, 0.3) is 0 Å². The standard InChI is InChI=1S/C6H8N2O3S/c7-6(3-9,5(10)11)4-8-1-2-12-4/h1-2,9H,3,7H2,(H,10,11). The minimum absolute atomic E-state index is 0.206. The van der Waals surface area contributed by atoms with Gasteiger partial charge in [-0.2, -0.15) is 0 Å². The average Bonchev–Trinajstić information content (AvgIpc) is 2.54. The Hall–Kier alpha value is -0.980. The highest BCUT2D eigenvalue weighted by Gasteiger charge is 2.37. The van der Waals surface area contributed by atoms with E-state index in [1.165, 1.54) is 6.20 Å². The average molecular weight is 188 g/mol. The van der Waals surface area contributed by atoms with Crippen molar-refractivity contribution >= 4 is 17.3 Å². The van der Waals surface area contributed by atoms with Gasteiger partial charge >= 0.3 is 5.97 Å². The van der Waals surface area contributed by atoms with Crippen molar-refractivity contribution in [3.05, 3.63) is 16.6 Å². The molecule has 1 rings (SSSR count). The zero-order valence-electron chi connectivity index (χ0n) is 6.10. The van der Waals surface area contributed by atoms with Gasteiger partial charge in [0.05, 0.1) is 6.61 Å². The number of nitrogens with two attached hydrogens (primary N) is 1. The quantitative estimate of drug-likeness (QED) is 0.587. The van der Waals surface area contributed by atoms with Crippen LogP contribution in [0.5, 0.6) is 0 Å². The van der Waals surface area contributed by atoms with E-state index < -0.39 is 18.1 Å². The smallest absolute Gasteiger partial charge is 0.333 e. The molecule has 0 radical (unpaired) electrons. The van der Waals surface area contributed by atoms with Crippen LogP contribution in [-0.2, 0) is 10.3 Å². The summed E-state index contributed by atoms with van der Waals surface area (Å²) in [6.45, 7) is -0.657. The Morgan fingerprint density at radius 1 is 1.83 bits per heavy atom. The molecule has 12 heavy (non-hydrogen) atoms. The van der Waals surface area contributed by atoms with Crippen LogP contribution in [0.3, 0.4) is 0 Å². The van der Waals surface area contributed by atoms with Crippen LogP contribution in [0.4, 0.5) is 0 Å². The number of nitrogens with zero attached hydrogens (tertiary/aromatic N) is 1. The van der Waals surface area contributed by atoms with Crippen LogP contribution in [-0.4, -0.2) is 27.8 Å². The van der Waals surface area contributed by atoms with Crippen molar-refractivity contribution in [3.8, 4) is 0 Å². The van der Waals surface area contributed by atoms with Crippen LogP contribution in [0, 0.1) is 0 Å². The summed E-state index contributed by atoms with van der Waals surface area (Å²) in [5.74, 6) is -1.28. The number of carboxylic acids is 1. The van der Waals surface area contributed by atoms with Crippen molar-refractivity contribution < 1.29 is 15.0 Å². The second-order valence-electron chi connectivity index (χ2n) is 2.27. The maximum atomic E-state index is 10.6. The van der Waals surface area contributed by atoms with E-state index in [0.29, 0.717) is 0 Å². The SMILES string of the molecule is NC(CO)(C(=O)O)c1nccs1. The molecule has 0 spiro atoms. The van der Waals surface area contributed by atoms with Gasteiger partial charge in [-0.1, -0.05) is 0 Å². The summed E-state index contributed by atoms with van der Waals surface area (Å²) >= 11 is 1.11. The van der Waals surface area contributed by atoms with E-state index in [1.54, 1.807) is 5.38 Å². The maximum Gasteiger partial charge on any atom is 0.333 e. The molecule has 1 heterocycles. The van der Waals surface area contributed by atoms with Gasteiger partial charge < -0.3 is 15.9 Å². The lowest BCUT2D eigenvalue weighted by molar-refractivity contribution is -0.145. The number of hydrogen-bond donors (Lipinski definition) is 3. The number of aliphatic hydroxyl groups excluding tert-OH is 1. The lowest BCUT2D eigenvalue weighted by atomic mass is 10.0. The van der Waals surface area contributed by atoms with E-state index in [4.69, 9.17) is 15.9 Å². The van der Waals surface area contributed by atoms with E-state index in [0.717, 1.165) is 11.3 Å². The first-order chi connectivity index (χ1) is 5.61. The van der Waals surface area contributed by atoms with Gasteiger partial charge in [-0.05, 0) is 0 Å². The normalized spacial score (nSPS) is 15.5. The van der Waals surface area contributed by atoms with E-state index in [-0.39, 0.29) is 5.01 Å². The number of carboxylic acid groups (broad SMARTS) is 1. The number of rotatable bonds is 3. The number of aliphatic carboxylic acids is 1.